The molecule has 1 fully saturated rings. The molecule has 31 heavy (non-hydrogen) atoms. The number of carbonyl (C=O) groups excluding carboxylic acids is 1. The molecule has 1 N–H and O–H groups in total. The molecule has 2 atom stereocenters. The Balaban J connectivity index is 1.27. The summed E-state index contributed by atoms with van der Waals surface area (Å²) in [5, 5.41) is 3.53. The normalized spacial score (nSPS) is 20.2. The average Bonchev–Trinajstić information content (AvgIpc) is 3.47. The number of carbonyl (C=O) groups is 1. The summed E-state index contributed by atoms with van der Waals surface area (Å²) in [6.07, 6.45) is 0.853. The first-order valence-corrected chi connectivity index (χ1v) is 11.2. The molecule has 2 aliphatic heterocycles. The topological polar surface area (TPSA) is 35.6 Å². The van der Waals surface area contributed by atoms with Gasteiger partial charge < -0.3 is 10.2 Å². The van der Waals surface area contributed by atoms with Crippen LogP contribution in [0.5, 0.6) is 0 Å². The molecule has 2 heterocycles. The zero-order valence-electron chi connectivity index (χ0n) is 17.8. The molecule has 158 valence electrons. The predicted molar refractivity (Wildman–Crippen MR) is 123 cm³/mol. The lowest BCUT2D eigenvalue weighted by Gasteiger charge is -2.29. The molecule has 0 spiro atoms. The van der Waals surface area contributed by atoms with E-state index in [1.807, 2.05) is 4.90 Å². The zero-order chi connectivity index (χ0) is 21.0. The summed E-state index contributed by atoms with van der Waals surface area (Å²) in [4.78, 5) is 17.8. The smallest absolute Gasteiger partial charge is 0.240 e. The first-order chi connectivity index (χ1) is 15.3. The third-order valence-corrected chi connectivity index (χ3v) is 6.53. The van der Waals surface area contributed by atoms with Crippen molar-refractivity contribution in [2.24, 2.45) is 0 Å². The Hall–Kier alpha value is -2.95. The van der Waals surface area contributed by atoms with Crippen LogP contribution < -0.4 is 5.32 Å². The van der Waals surface area contributed by atoms with Crippen molar-refractivity contribution in [2.45, 2.75) is 44.7 Å². The van der Waals surface area contributed by atoms with Gasteiger partial charge >= 0.3 is 0 Å². The van der Waals surface area contributed by atoms with Crippen LogP contribution in [0.4, 0.5) is 0 Å². The fourth-order valence-electron chi connectivity index (χ4n) is 4.84. The Kier molecular flexibility index (Phi) is 5.83. The van der Waals surface area contributed by atoms with E-state index in [4.69, 9.17) is 0 Å². The number of benzene rings is 3. The first kappa shape index (κ1) is 20.0. The average molecular weight is 412 g/mol. The van der Waals surface area contributed by atoms with Crippen LogP contribution in [-0.2, 0) is 31.0 Å². The van der Waals surface area contributed by atoms with Crippen molar-refractivity contribution in [1.82, 2.24) is 15.1 Å². The summed E-state index contributed by atoms with van der Waals surface area (Å²) in [6, 6.07) is 29.9. The monoisotopic (exact) mass is 411 g/mol. The molecule has 0 bridgehead atoms. The van der Waals surface area contributed by atoms with Gasteiger partial charge in [-0.2, -0.15) is 0 Å². The maximum atomic E-state index is 13.2. The lowest BCUT2D eigenvalue weighted by atomic mass is 10.1. The number of rotatable bonds is 6. The van der Waals surface area contributed by atoms with E-state index >= 15 is 0 Å². The molecule has 2 aliphatic rings. The first-order valence-electron chi connectivity index (χ1n) is 11.2. The molecular weight excluding hydrogens is 382 g/mol. The van der Waals surface area contributed by atoms with E-state index < -0.39 is 0 Å². The van der Waals surface area contributed by atoms with Crippen molar-refractivity contribution in [3.8, 4) is 0 Å². The minimum absolute atomic E-state index is 0.103. The number of nitrogens with one attached hydrogen (secondary N) is 1. The summed E-state index contributed by atoms with van der Waals surface area (Å²) in [5.74, 6) is 0.234. The maximum Gasteiger partial charge on any atom is 0.240 e. The number of nitrogens with zero attached hydrogens (tertiary/aromatic N) is 2. The Morgan fingerprint density at radius 2 is 1.32 bits per heavy atom. The molecule has 1 saturated heterocycles. The van der Waals surface area contributed by atoms with Crippen molar-refractivity contribution in [1.29, 1.82) is 0 Å². The van der Waals surface area contributed by atoms with Gasteiger partial charge in [-0.15, -0.1) is 0 Å². The van der Waals surface area contributed by atoms with Gasteiger partial charge in [0.25, 0.3) is 0 Å². The second kappa shape index (κ2) is 9.04. The minimum Gasteiger partial charge on any atom is -0.333 e. The molecule has 5 rings (SSSR count). The van der Waals surface area contributed by atoms with Gasteiger partial charge in [0.2, 0.25) is 5.91 Å². The van der Waals surface area contributed by atoms with Crippen LogP contribution in [0.1, 0.15) is 28.7 Å². The van der Waals surface area contributed by atoms with E-state index in [0.717, 1.165) is 39.1 Å². The number of hydrogen-bond acceptors (Lipinski definition) is 3. The molecule has 4 nitrogen and oxygen atoms in total. The molecular formula is C27H29N3O. The van der Waals surface area contributed by atoms with Crippen molar-refractivity contribution in [3.63, 3.8) is 0 Å². The fraction of sp³-hybridized carbons (Fsp3) is 0.296. The van der Waals surface area contributed by atoms with E-state index in [1.165, 1.54) is 22.3 Å². The van der Waals surface area contributed by atoms with Crippen LogP contribution in [0, 0.1) is 0 Å². The third kappa shape index (κ3) is 4.55. The Labute approximate surface area is 184 Å². The van der Waals surface area contributed by atoms with Crippen LogP contribution in [0.25, 0.3) is 0 Å². The summed E-state index contributed by atoms with van der Waals surface area (Å²) in [5.41, 5.74) is 5.17. The number of amides is 1. The predicted octanol–water partition coefficient (Wildman–Crippen LogP) is 3.96. The molecule has 4 heteroatoms. The third-order valence-electron chi connectivity index (χ3n) is 6.53. The van der Waals surface area contributed by atoms with Crippen molar-refractivity contribution in [3.05, 3.63) is 107 Å². The zero-order valence-corrected chi connectivity index (χ0v) is 17.8. The minimum atomic E-state index is -0.103. The van der Waals surface area contributed by atoms with Gasteiger partial charge in [-0.1, -0.05) is 84.9 Å². The molecule has 0 saturated carbocycles. The summed E-state index contributed by atoms with van der Waals surface area (Å²) < 4.78 is 0. The molecule has 0 radical (unpaired) electrons. The standard InChI is InChI=1S/C27H29N3O/c31-27(30-19-23-13-7-8-14-24(23)20-30)26-15-25(16-28-26)29(17-21-9-3-1-4-10-21)18-22-11-5-2-6-12-22/h1-14,25-26,28H,15-20H2/t25-,26+/m1/s1. The Morgan fingerprint density at radius 3 is 1.87 bits per heavy atom. The van der Waals surface area contributed by atoms with E-state index in [0.29, 0.717) is 6.04 Å². The number of fused-ring (bicyclic) bond motifs is 1. The summed E-state index contributed by atoms with van der Waals surface area (Å²) >= 11 is 0. The molecule has 1 amide bonds. The second-order valence-corrected chi connectivity index (χ2v) is 8.69. The van der Waals surface area contributed by atoms with Gasteiger partial charge in [0.1, 0.15) is 0 Å². The highest BCUT2D eigenvalue weighted by Gasteiger charge is 2.36. The molecule has 0 unspecified atom stereocenters. The molecule has 3 aromatic carbocycles. The van der Waals surface area contributed by atoms with Gasteiger partial charge in [0, 0.05) is 38.8 Å². The Bertz CT molecular complexity index is 954. The molecule has 0 aromatic heterocycles. The number of hydrogen-bond donors (Lipinski definition) is 1. The Morgan fingerprint density at radius 1 is 0.806 bits per heavy atom. The fourth-order valence-corrected chi connectivity index (χ4v) is 4.84. The van der Waals surface area contributed by atoms with Crippen LogP contribution in [0.3, 0.4) is 0 Å². The summed E-state index contributed by atoms with van der Waals surface area (Å²) in [6.45, 7) is 4.08. The highest BCUT2D eigenvalue weighted by atomic mass is 16.2. The van der Waals surface area contributed by atoms with Gasteiger partial charge in [0.15, 0.2) is 0 Å². The van der Waals surface area contributed by atoms with Gasteiger partial charge in [-0.05, 0) is 28.7 Å². The van der Waals surface area contributed by atoms with Gasteiger partial charge in [0.05, 0.1) is 6.04 Å². The maximum absolute atomic E-state index is 13.2. The van der Waals surface area contributed by atoms with Crippen molar-refractivity contribution < 1.29 is 4.79 Å². The lowest BCUT2D eigenvalue weighted by molar-refractivity contribution is -0.133. The van der Waals surface area contributed by atoms with Crippen LogP contribution in [-0.4, -0.2) is 34.3 Å². The van der Waals surface area contributed by atoms with Crippen LogP contribution in [0.2, 0.25) is 0 Å². The van der Waals surface area contributed by atoms with E-state index in [2.05, 4.69) is 95.1 Å². The van der Waals surface area contributed by atoms with Crippen LogP contribution >= 0.6 is 0 Å². The van der Waals surface area contributed by atoms with E-state index in [-0.39, 0.29) is 11.9 Å². The largest absolute Gasteiger partial charge is 0.333 e. The second-order valence-electron chi connectivity index (χ2n) is 8.69. The van der Waals surface area contributed by atoms with Crippen molar-refractivity contribution in [2.75, 3.05) is 6.54 Å². The molecule has 0 aliphatic carbocycles. The van der Waals surface area contributed by atoms with E-state index in [9.17, 15) is 4.79 Å². The highest BCUT2D eigenvalue weighted by molar-refractivity contribution is 5.83. The van der Waals surface area contributed by atoms with Gasteiger partial charge in [-0.25, -0.2) is 0 Å². The quantitative estimate of drug-likeness (QED) is 0.667. The van der Waals surface area contributed by atoms with Gasteiger partial charge in [-0.3, -0.25) is 9.69 Å². The summed E-state index contributed by atoms with van der Waals surface area (Å²) in [7, 11) is 0. The lowest BCUT2D eigenvalue weighted by Crippen LogP contribution is -2.41. The highest BCUT2D eigenvalue weighted by Crippen LogP contribution is 2.26. The molecule has 3 aromatic rings. The SMILES string of the molecule is O=C([C@@H]1C[C@@H](N(Cc2ccccc2)Cc2ccccc2)CN1)N1Cc2ccccc2C1. The van der Waals surface area contributed by atoms with Crippen molar-refractivity contribution >= 4 is 5.91 Å². The van der Waals surface area contributed by atoms with Crippen LogP contribution in [0.15, 0.2) is 84.9 Å². The van der Waals surface area contributed by atoms with E-state index in [1.54, 1.807) is 0 Å².